The van der Waals surface area contributed by atoms with Crippen LogP contribution >= 0.6 is 12.2 Å². The zero-order valence-electron chi connectivity index (χ0n) is 11.5. The van der Waals surface area contributed by atoms with Crippen LogP contribution in [0.1, 0.15) is 11.8 Å². The van der Waals surface area contributed by atoms with Crippen molar-refractivity contribution in [3.8, 4) is 0 Å². The van der Waals surface area contributed by atoms with Crippen LogP contribution < -0.4 is 5.56 Å². The lowest BCUT2D eigenvalue weighted by atomic mass is 10.1. The number of H-pyrrole nitrogens is 1. The van der Waals surface area contributed by atoms with Gasteiger partial charge in [-0.2, -0.15) is 0 Å². The van der Waals surface area contributed by atoms with Gasteiger partial charge in [0, 0.05) is 26.0 Å². The third-order valence-electron chi connectivity index (χ3n) is 3.33. The summed E-state index contributed by atoms with van der Waals surface area (Å²) >= 11 is 5.11. The van der Waals surface area contributed by atoms with Gasteiger partial charge in [-0.05, 0) is 19.1 Å². The first-order valence-electron chi connectivity index (χ1n) is 6.17. The third kappa shape index (κ3) is 2.70. The number of rotatable bonds is 4. The molecular formula is C12H18N2O5S. The SMILES string of the molecule is COC[C@H]1O[C@@H](n2cc(C)c(=O)[nH]c2=S)C(O)C1OC. The zero-order valence-corrected chi connectivity index (χ0v) is 12.3. The molecule has 1 aliphatic heterocycles. The van der Waals surface area contributed by atoms with Crippen LogP contribution in [0.2, 0.25) is 0 Å². The highest BCUT2D eigenvalue weighted by Gasteiger charge is 2.45. The second kappa shape index (κ2) is 6.15. The number of aromatic nitrogens is 2. The van der Waals surface area contributed by atoms with E-state index in [1.807, 2.05) is 0 Å². The number of aromatic amines is 1. The number of aliphatic hydroxyl groups excluding tert-OH is 1. The molecule has 2 rings (SSSR count). The molecule has 112 valence electrons. The molecule has 20 heavy (non-hydrogen) atoms. The highest BCUT2D eigenvalue weighted by atomic mass is 32.1. The van der Waals surface area contributed by atoms with Crippen molar-refractivity contribution in [2.45, 2.75) is 31.5 Å². The number of ether oxygens (including phenoxy) is 3. The summed E-state index contributed by atoms with van der Waals surface area (Å²) in [4.78, 5) is 14.0. The number of methoxy groups -OCH3 is 2. The van der Waals surface area contributed by atoms with Gasteiger partial charge in [-0.15, -0.1) is 0 Å². The van der Waals surface area contributed by atoms with Crippen molar-refractivity contribution >= 4 is 12.2 Å². The van der Waals surface area contributed by atoms with Gasteiger partial charge in [-0.1, -0.05) is 0 Å². The van der Waals surface area contributed by atoms with Crippen LogP contribution in [0.5, 0.6) is 0 Å². The van der Waals surface area contributed by atoms with Crippen molar-refractivity contribution < 1.29 is 19.3 Å². The van der Waals surface area contributed by atoms with Crippen LogP contribution in [0.25, 0.3) is 0 Å². The number of nitrogens with zero attached hydrogens (tertiary/aromatic N) is 1. The molecular weight excluding hydrogens is 284 g/mol. The van der Waals surface area contributed by atoms with Gasteiger partial charge in [0.2, 0.25) is 0 Å². The summed E-state index contributed by atoms with van der Waals surface area (Å²) < 4.78 is 17.8. The number of hydrogen-bond acceptors (Lipinski definition) is 6. The van der Waals surface area contributed by atoms with Gasteiger partial charge in [0.15, 0.2) is 11.0 Å². The van der Waals surface area contributed by atoms with Gasteiger partial charge in [-0.3, -0.25) is 14.3 Å². The molecule has 0 aliphatic carbocycles. The summed E-state index contributed by atoms with van der Waals surface area (Å²) in [6.07, 6.45) is -0.981. The van der Waals surface area contributed by atoms with Crippen molar-refractivity contribution in [2.24, 2.45) is 0 Å². The van der Waals surface area contributed by atoms with E-state index in [0.29, 0.717) is 12.2 Å². The molecule has 0 radical (unpaired) electrons. The number of aryl methyl sites for hydroxylation is 1. The topological polar surface area (TPSA) is 85.7 Å². The molecule has 1 aromatic rings. The maximum atomic E-state index is 11.5. The Morgan fingerprint density at radius 1 is 1.55 bits per heavy atom. The molecule has 0 bridgehead atoms. The summed E-state index contributed by atoms with van der Waals surface area (Å²) in [7, 11) is 3.05. The van der Waals surface area contributed by atoms with E-state index in [1.165, 1.54) is 11.7 Å². The summed E-state index contributed by atoms with van der Waals surface area (Å²) in [5.74, 6) is 0. The maximum absolute atomic E-state index is 11.5. The van der Waals surface area contributed by atoms with E-state index in [1.54, 1.807) is 20.2 Å². The van der Waals surface area contributed by atoms with E-state index in [-0.39, 0.29) is 10.3 Å². The molecule has 2 N–H and O–H groups in total. The molecule has 4 atom stereocenters. The number of hydrogen-bond donors (Lipinski definition) is 2. The van der Waals surface area contributed by atoms with Crippen LogP contribution in [-0.2, 0) is 14.2 Å². The first-order valence-corrected chi connectivity index (χ1v) is 6.57. The Labute approximate surface area is 121 Å². The Morgan fingerprint density at radius 2 is 2.25 bits per heavy atom. The first-order chi connectivity index (χ1) is 9.49. The lowest BCUT2D eigenvalue weighted by Gasteiger charge is -2.19. The number of nitrogens with one attached hydrogen (secondary N) is 1. The second-order valence-electron chi connectivity index (χ2n) is 4.69. The minimum Gasteiger partial charge on any atom is -0.386 e. The molecule has 8 heteroatoms. The van der Waals surface area contributed by atoms with E-state index < -0.39 is 24.5 Å². The number of aliphatic hydroxyl groups is 1. The molecule has 1 aliphatic rings. The smallest absolute Gasteiger partial charge is 0.254 e. The molecule has 0 amide bonds. The van der Waals surface area contributed by atoms with Gasteiger partial charge < -0.3 is 19.3 Å². The molecule has 1 saturated heterocycles. The van der Waals surface area contributed by atoms with Crippen LogP contribution in [-0.4, -0.2) is 53.8 Å². The fourth-order valence-electron chi connectivity index (χ4n) is 2.31. The van der Waals surface area contributed by atoms with Crippen molar-refractivity contribution in [1.82, 2.24) is 9.55 Å². The molecule has 0 spiro atoms. The predicted molar refractivity (Wildman–Crippen MR) is 73.2 cm³/mol. The standard InChI is InChI=1S/C12H18N2O5S/c1-6-4-14(12(20)13-10(6)16)11-8(15)9(18-3)7(19-11)5-17-2/h4,7-9,11,15H,5H2,1-3H3,(H,13,16,20)/t7-,8?,9?,11-/m1/s1. The highest BCUT2D eigenvalue weighted by molar-refractivity contribution is 7.71. The third-order valence-corrected chi connectivity index (χ3v) is 3.65. The summed E-state index contributed by atoms with van der Waals surface area (Å²) in [6, 6.07) is 0. The molecule has 1 fully saturated rings. The Balaban J connectivity index is 2.36. The van der Waals surface area contributed by atoms with Crippen molar-refractivity contribution in [3.05, 3.63) is 26.9 Å². The lowest BCUT2D eigenvalue weighted by molar-refractivity contribution is -0.0635. The van der Waals surface area contributed by atoms with Gasteiger partial charge in [0.05, 0.1) is 6.61 Å². The van der Waals surface area contributed by atoms with E-state index >= 15 is 0 Å². The van der Waals surface area contributed by atoms with Crippen LogP contribution in [0.4, 0.5) is 0 Å². The molecule has 2 heterocycles. The first kappa shape index (κ1) is 15.3. The molecule has 0 aromatic carbocycles. The average Bonchev–Trinajstić information content (AvgIpc) is 2.71. The molecule has 7 nitrogen and oxygen atoms in total. The largest absolute Gasteiger partial charge is 0.386 e. The van der Waals surface area contributed by atoms with Crippen molar-refractivity contribution in [1.29, 1.82) is 0 Å². The molecule has 2 unspecified atom stereocenters. The van der Waals surface area contributed by atoms with Gasteiger partial charge in [-0.25, -0.2) is 0 Å². The average molecular weight is 302 g/mol. The predicted octanol–water partition coefficient (Wildman–Crippen LogP) is 0.134. The van der Waals surface area contributed by atoms with Crippen molar-refractivity contribution in [3.63, 3.8) is 0 Å². The second-order valence-corrected chi connectivity index (χ2v) is 5.08. The van der Waals surface area contributed by atoms with Crippen molar-refractivity contribution in [2.75, 3.05) is 20.8 Å². The van der Waals surface area contributed by atoms with E-state index in [2.05, 4.69) is 4.98 Å². The van der Waals surface area contributed by atoms with E-state index in [0.717, 1.165) is 0 Å². The van der Waals surface area contributed by atoms with Crippen LogP contribution in [0, 0.1) is 11.7 Å². The molecule has 0 saturated carbocycles. The normalized spacial score (nSPS) is 29.8. The maximum Gasteiger partial charge on any atom is 0.254 e. The summed E-state index contributed by atoms with van der Waals surface area (Å²) in [5, 5.41) is 10.3. The minimum atomic E-state index is -0.905. The summed E-state index contributed by atoms with van der Waals surface area (Å²) in [5.41, 5.74) is 0.231. The summed E-state index contributed by atoms with van der Waals surface area (Å²) in [6.45, 7) is 1.95. The van der Waals surface area contributed by atoms with Crippen LogP contribution in [0.15, 0.2) is 11.0 Å². The highest BCUT2D eigenvalue weighted by Crippen LogP contribution is 2.31. The quantitative estimate of drug-likeness (QED) is 0.769. The Bertz CT molecular complexity index is 584. The minimum absolute atomic E-state index is 0.192. The van der Waals surface area contributed by atoms with Crippen LogP contribution in [0.3, 0.4) is 0 Å². The lowest BCUT2D eigenvalue weighted by Crippen LogP contribution is -2.35. The monoisotopic (exact) mass is 302 g/mol. The Hall–Kier alpha value is -1.06. The van der Waals surface area contributed by atoms with Gasteiger partial charge >= 0.3 is 0 Å². The van der Waals surface area contributed by atoms with Gasteiger partial charge in [0.25, 0.3) is 5.56 Å². The fraction of sp³-hybridized carbons (Fsp3) is 0.667. The Morgan fingerprint density at radius 3 is 2.85 bits per heavy atom. The van der Waals surface area contributed by atoms with E-state index in [9.17, 15) is 9.90 Å². The fourth-order valence-corrected chi connectivity index (χ4v) is 2.56. The Kier molecular flexibility index (Phi) is 4.71. The van der Waals surface area contributed by atoms with Gasteiger partial charge in [0.1, 0.15) is 18.3 Å². The zero-order chi connectivity index (χ0) is 14.9. The molecule has 1 aromatic heterocycles. The van der Waals surface area contributed by atoms with E-state index in [4.69, 9.17) is 26.4 Å².